The summed E-state index contributed by atoms with van der Waals surface area (Å²) in [5.41, 5.74) is 2.52. The predicted molar refractivity (Wildman–Crippen MR) is 76.9 cm³/mol. The van der Waals surface area contributed by atoms with Gasteiger partial charge < -0.3 is 10.4 Å². The van der Waals surface area contributed by atoms with Gasteiger partial charge in [0, 0.05) is 17.2 Å². The minimum atomic E-state index is 0.319. The summed E-state index contributed by atoms with van der Waals surface area (Å²) >= 11 is 1.81. The molecule has 0 fully saturated rings. The van der Waals surface area contributed by atoms with Crippen LogP contribution in [0, 0.1) is 0 Å². The highest BCUT2D eigenvalue weighted by Gasteiger charge is 1.98. The second kappa shape index (κ2) is 6.47. The SMILES string of the molecule is CNCc1cccc(SCc2ccc(O)cc2)c1. The molecule has 0 atom stereocenters. The van der Waals surface area contributed by atoms with Crippen molar-refractivity contribution in [2.24, 2.45) is 0 Å². The zero-order chi connectivity index (χ0) is 12.8. The largest absolute Gasteiger partial charge is 0.508 e. The van der Waals surface area contributed by atoms with Crippen LogP contribution in [0.25, 0.3) is 0 Å². The van der Waals surface area contributed by atoms with E-state index >= 15 is 0 Å². The molecular formula is C15H17NOS. The Morgan fingerprint density at radius 3 is 2.56 bits per heavy atom. The monoisotopic (exact) mass is 259 g/mol. The minimum Gasteiger partial charge on any atom is -0.508 e. The second-order valence-electron chi connectivity index (χ2n) is 4.13. The van der Waals surface area contributed by atoms with E-state index in [-0.39, 0.29) is 0 Å². The predicted octanol–water partition coefficient (Wildman–Crippen LogP) is 3.40. The van der Waals surface area contributed by atoms with Crippen molar-refractivity contribution in [1.29, 1.82) is 0 Å². The van der Waals surface area contributed by atoms with Crippen LogP contribution in [0.2, 0.25) is 0 Å². The summed E-state index contributed by atoms with van der Waals surface area (Å²) in [5, 5.41) is 12.4. The zero-order valence-corrected chi connectivity index (χ0v) is 11.2. The molecule has 0 aliphatic heterocycles. The molecule has 0 radical (unpaired) electrons. The van der Waals surface area contributed by atoms with Gasteiger partial charge in [-0.15, -0.1) is 11.8 Å². The highest BCUT2D eigenvalue weighted by molar-refractivity contribution is 7.98. The molecule has 0 aliphatic carbocycles. The summed E-state index contributed by atoms with van der Waals surface area (Å²) in [6, 6.07) is 15.9. The maximum atomic E-state index is 9.22. The first-order chi connectivity index (χ1) is 8.78. The molecule has 0 unspecified atom stereocenters. The van der Waals surface area contributed by atoms with Crippen molar-refractivity contribution in [2.45, 2.75) is 17.2 Å². The average Bonchev–Trinajstić information content (AvgIpc) is 2.39. The molecule has 2 aromatic rings. The molecular weight excluding hydrogens is 242 g/mol. The van der Waals surface area contributed by atoms with E-state index < -0.39 is 0 Å². The van der Waals surface area contributed by atoms with E-state index in [2.05, 4.69) is 29.6 Å². The van der Waals surface area contributed by atoms with Crippen molar-refractivity contribution >= 4 is 11.8 Å². The van der Waals surface area contributed by atoms with Crippen molar-refractivity contribution in [3.8, 4) is 5.75 Å². The Bertz CT molecular complexity index is 496. The lowest BCUT2D eigenvalue weighted by atomic mass is 10.2. The van der Waals surface area contributed by atoms with Crippen LogP contribution in [0.15, 0.2) is 53.4 Å². The van der Waals surface area contributed by atoms with Gasteiger partial charge in [0.15, 0.2) is 0 Å². The maximum Gasteiger partial charge on any atom is 0.115 e. The van der Waals surface area contributed by atoms with Crippen LogP contribution in [-0.2, 0) is 12.3 Å². The third kappa shape index (κ3) is 3.79. The summed E-state index contributed by atoms with van der Waals surface area (Å²) in [4.78, 5) is 1.27. The first kappa shape index (κ1) is 13.0. The van der Waals surface area contributed by atoms with Crippen LogP contribution in [0.3, 0.4) is 0 Å². The Labute approximate surface area is 112 Å². The molecule has 0 bridgehead atoms. The van der Waals surface area contributed by atoms with Gasteiger partial charge in [-0.3, -0.25) is 0 Å². The standard InChI is InChI=1S/C15H17NOS/c1-16-10-13-3-2-4-15(9-13)18-11-12-5-7-14(17)8-6-12/h2-9,16-17H,10-11H2,1H3. The van der Waals surface area contributed by atoms with E-state index in [1.165, 1.54) is 16.0 Å². The quantitative estimate of drug-likeness (QED) is 0.807. The Balaban J connectivity index is 1.97. The van der Waals surface area contributed by atoms with Crippen molar-refractivity contribution in [1.82, 2.24) is 5.32 Å². The van der Waals surface area contributed by atoms with Crippen molar-refractivity contribution in [3.63, 3.8) is 0 Å². The van der Waals surface area contributed by atoms with Gasteiger partial charge in [0.05, 0.1) is 0 Å². The molecule has 2 rings (SSSR count). The van der Waals surface area contributed by atoms with E-state index in [1.54, 1.807) is 12.1 Å². The minimum absolute atomic E-state index is 0.319. The number of hydrogen-bond acceptors (Lipinski definition) is 3. The van der Waals surface area contributed by atoms with Crippen molar-refractivity contribution < 1.29 is 5.11 Å². The lowest BCUT2D eigenvalue weighted by Gasteiger charge is -2.05. The number of nitrogens with one attached hydrogen (secondary N) is 1. The smallest absolute Gasteiger partial charge is 0.115 e. The number of hydrogen-bond donors (Lipinski definition) is 2. The lowest BCUT2D eigenvalue weighted by Crippen LogP contribution is -2.04. The fourth-order valence-corrected chi connectivity index (χ4v) is 2.64. The fraction of sp³-hybridized carbons (Fsp3) is 0.200. The van der Waals surface area contributed by atoms with Crippen LogP contribution in [0.4, 0.5) is 0 Å². The van der Waals surface area contributed by atoms with Crippen LogP contribution in [0.1, 0.15) is 11.1 Å². The molecule has 0 saturated heterocycles. The number of aromatic hydroxyl groups is 1. The van der Waals surface area contributed by atoms with Crippen LogP contribution in [-0.4, -0.2) is 12.2 Å². The number of phenolic OH excluding ortho intramolecular Hbond substituents is 1. The summed E-state index contributed by atoms with van der Waals surface area (Å²) < 4.78 is 0. The first-order valence-corrected chi connectivity index (χ1v) is 6.91. The number of phenols is 1. The number of rotatable bonds is 5. The molecule has 18 heavy (non-hydrogen) atoms. The summed E-state index contributed by atoms with van der Waals surface area (Å²) in [6.45, 7) is 0.896. The molecule has 2 aromatic carbocycles. The lowest BCUT2D eigenvalue weighted by molar-refractivity contribution is 0.475. The molecule has 2 nitrogen and oxygen atoms in total. The van der Waals surface area contributed by atoms with E-state index in [4.69, 9.17) is 0 Å². The summed E-state index contributed by atoms with van der Waals surface area (Å²) in [6.07, 6.45) is 0. The van der Waals surface area contributed by atoms with Gasteiger partial charge >= 0.3 is 0 Å². The van der Waals surface area contributed by atoms with Gasteiger partial charge in [-0.1, -0.05) is 24.3 Å². The summed E-state index contributed by atoms with van der Waals surface area (Å²) in [5.74, 6) is 1.24. The third-order valence-corrected chi connectivity index (χ3v) is 3.69. The van der Waals surface area contributed by atoms with Crippen molar-refractivity contribution in [3.05, 3.63) is 59.7 Å². The maximum absolute atomic E-state index is 9.22. The van der Waals surface area contributed by atoms with E-state index in [9.17, 15) is 5.11 Å². The summed E-state index contributed by atoms with van der Waals surface area (Å²) in [7, 11) is 1.95. The Kier molecular flexibility index (Phi) is 4.67. The fourth-order valence-electron chi connectivity index (χ4n) is 1.71. The molecule has 0 saturated carbocycles. The highest BCUT2D eigenvalue weighted by atomic mass is 32.2. The van der Waals surface area contributed by atoms with Crippen LogP contribution < -0.4 is 5.32 Å². The molecule has 0 spiro atoms. The first-order valence-electron chi connectivity index (χ1n) is 5.92. The van der Waals surface area contributed by atoms with Gasteiger partial charge in [0.1, 0.15) is 5.75 Å². The molecule has 2 N–H and O–H groups in total. The molecule has 94 valence electrons. The Morgan fingerprint density at radius 2 is 1.83 bits per heavy atom. The van der Waals surface area contributed by atoms with E-state index in [1.807, 2.05) is 30.9 Å². The highest BCUT2D eigenvalue weighted by Crippen LogP contribution is 2.24. The molecule has 0 amide bonds. The molecule has 3 heteroatoms. The van der Waals surface area contributed by atoms with Gasteiger partial charge in [0.25, 0.3) is 0 Å². The van der Waals surface area contributed by atoms with E-state index in [0.717, 1.165) is 12.3 Å². The molecule has 0 aromatic heterocycles. The Morgan fingerprint density at radius 1 is 1.06 bits per heavy atom. The molecule has 0 heterocycles. The van der Waals surface area contributed by atoms with E-state index in [0.29, 0.717) is 5.75 Å². The van der Waals surface area contributed by atoms with Crippen LogP contribution in [0.5, 0.6) is 5.75 Å². The van der Waals surface area contributed by atoms with Crippen LogP contribution >= 0.6 is 11.8 Å². The van der Waals surface area contributed by atoms with Gasteiger partial charge in [-0.25, -0.2) is 0 Å². The van der Waals surface area contributed by atoms with Gasteiger partial charge in [-0.05, 0) is 42.4 Å². The Hall–Kier alpha value is -1.45. The topological polar surface area (TPSA) is 32.3 Å². The normalized spacial score (nSPS) is 10.5. The zero-order valence-electron chi connectivity index (χ0n) is 10.4. The molecule has 0 aliphatic rings. The third-order valence-electron chi connectivity index (χ3n) is 2.62. The second-order valence-corrected chi connectivity index (χ2v) is 5.18. The number of thioether (sulfide) groups is 1. The average molecular weight is 259 g/mol. The van der Waals surface area contributed by atoms with Gasteiger partial charge in [0.2, 0.25) is 0 Å². The van der Waals surface area contributed by atoms with Gasteiger partial charge in [-0.2, -0.15) is 0 Å². The van der Waals surface area contributed by atoms with Crippen molar-refractivity contribution in [2.75, 3.05) is 7.05 Å². The number of benzene rings is 2.